The van der Waals surface area contributed by atoms with Gasteiger partial charge in [-0.2, -0.15) is 13.2 Å². The average molecular weight is 257 g/mol. The van der Waals surface area contributed by atoms with Gasteiger partial charge in [0, 0.05) is 13.2 Å². The monoisotopic (exact) mass is 257 g/mol. The first-order valence-corrected chi connectivity index (χ1v) is 5.88. The molecule has 0 aromatic heterocycles. The van der Waals surface area contributed by atoms with Crippen LogP contribution in [-0.2, 0) is 9.47 Å². The fraction of sp³-hybridized carbons (Fsp3) is 1.00. The maximum Gasteiger partial charge on any atom is 0.391 e. The molecule has 0 saturated heterocycles. The highest BCUT2D eigenvalue weighted by Gasteiger charge is 2.26. The number of ether oxygens (including phenoxy) is 2. The van der Waals surface area contributed by atoms with Gasteiger partial charge < -0.3 is 14.8 Å². The van der Waals surface area contributed by atoms with Crippen molar-refractivity contribution in [3.8, 4) is 0 Å². The molecule has 0 bridgehead atoms. The normalized spacial score (nSPS) is 12.4. The molecule has 0 rings (SSSR count). The molecule has 0 radical (unpaired) electrons. The molecule has 0 amide bonds. The highest BCUT2D eigenvalue weighted by atomic mass is 19.4. The third-order valence-corrected chi connectivity index (χ3v) is 1.90. The molecule has 0 saturated carbocycles. The van der Waals surface area contributed by atoms with Crippen LogP contribution in [0.3, 0.4) is 0 Å². The Kier molecular flexibility index (Phi) is 9.49. The van der Waals surface area contributed by atoms with Crippen molar-refractivity contribution < 1.29 is 22.6 Å². The number of hydrogen-bond donors (Lipinski definition) is 1. The van der Waals surface area contributed by atoms with Crippen LogP contribution in [0.15, 0.2) is 0 Å². The Balaban J connectivity index is 3.04. The minimum Gasteiger partial charge on any atom is -0.380 e. The zero-order valence-corrected chi connectivity index (χ0v) is 10.5. The van der Waals surface area contributed by atoms with Crippen LogP contribution in [0.1, 0.15) is 26.7 Å². The molecule has 0 atom stereocenters. The van der Waals surface area contributed by atoms with Crippen LogP contribution < -0.4 is 5.32 Å². The first-order valence-electron chi connectivity index (χ1n) is 5.88. The van der Waals surface area contributed by atoms with Crippen LogP contribution in [0.2, 0.25) is 0 Å². The van der Waals surface area contributed by atoms with E-state index in [9.17, 15) is 13.2 Å². The van der Waals surface area contributed by atoms with E-state index >= 15 is 0 Å². The average Bonchev–Trinajstić information content (AvgIpc) is 2.18. The summed E-state index contributed by atoms with van der Waals surface area (Å²) in [4.78, 5) is 0. The summed E-state index contributed by atoms with van der Waals surface area (Å²) in [5, 5.41) is 3.07. The van der Waals surface area contributed by atoms with Gasteiger partial charge in [-0.25, -0.2) is 0 Å². The van der Waals surface area contributed by atoms with Gasteiger partial charge in [-0.3, -0.25) is 0 Å². The number of alkyl halides is 3. The van der Waals surface area contributed by atoms with E-state index in [1.807, 2.05) is 13.8 Å². The molecule has 3 nitrogen and oxygen atoms in total. The van der Waals surface area contributed by atoms with Crippen molar-refractivity contribution in [2.75, 3.05) is 32.9 Å². The second kappa shape index (κ2) is 9.67. The highest BCUT2D eigenvalue weighted by molar-refractivity contribution is 4.50. The standard InChI is InChI=1S/C11H22F3NO2/c1-10(2)17-7-3-5-15-6-9-16-8-4-11(12,13)14/h10,15H,3-9H2,1-2H3. The van der Waals surface area contributed by atoms with Crippen LogP contribution in [0.4, 0.5) is 13.2 Å². The maximum absolute atomic E-state index is 11.7. The summed E-state index contributed by atoms with van der Waals surface area (Å²) in [6.45, 7) is 6.04. The quantitative estimate of drug-likeness (QED) is 0.609. The summed E-state index contributed by atoms with van der Waals surface area (Å²) in [6.07, 6.45) is -3.88. The van der Waals surface area contributed by atoms with E-state index in [-0.39, 0.29) is 12.7 Å². The lowest BCUT2D eigenvalue weighted by Gasteiger charge is -2.09. The molecule has 0 aliphatic heterocycles. The van der Waals surface area contributed by atoms with Crippen LogP contribution in [0.5, 0.6) is 0 Å². The van der Waals surface area contributed by atoms with Gasteiger partial charge in [-0.1, -0.05) is 0 Å². The third kappa shape index (κ3) is 15.7. The summed E-state index contributed by atoms with van der Waals surface area (Å²) >= 11 is 0. The fourth-order valence-electron chi connectivity index (χ4n) is 1.08. The summed E-state index contributed by atoms with van der Waals surface area (Å²) in [5.41, 5.74) is 0. The van der Waals surface area contributed by atoms with E-state index in [0.717, 1.165) is 13.0 Å². The molecule has 0 unspecified atom stereocenters. The Hall–Kier alpha value is -0.330. The van der Waals surface area contributed by atoms with Crippen LogP contribution in [-0.4, -0.2) is 45.2 Å². The molecule has 0 aromatic rings. The molecular formula is C11H22F3NO2. The van der Waals surface area contributed by atoms with Crippen molar-refractivity contribution >= 4 is 0 Å². The van der Waals surface area contributed by atoms with Gasteiger partial charge in [0.2, 0.25) is 0 Å². The predicted molar refractivity (Wildman–Crippen MR) is 60.1 cm³/mol. The molecule has 0 aromatic carbocycles. The van der Waals surface area contributed by atoms with E-state index in [2.05, 4.69) is 5.32 Å². The van der Waals surface area contributed by atoms with E-state index in [1.54, 1.807) is 0 Å². The fourth-order valence-corrected chi connectivity index (χ4v) is 1.08. The highest BCUT2D eigenvalue weighted by Crippen LogP contribution is 2.18. The summed E-state index contributed by atoms with van der Waals surface area (Å²) < 4.78 is 45.3. The zero-order chi connectivity index (χ0) is 13.1. The van der Waals surface area contributed by atoms with Gasteiger partial charge in [-0.05, 0) is 26.8 Å². The second-order valence-corrected chi connectivity index (χ2v) is 4.00. The Bertz CT molecular complexity index is 175. The van der Waals surface area contributed by atoms with Gasteiger partial charge in [0.25, 0.3) is 0 Å². The number of hydrogen-bond acceptors (Lipinski definition) is 3. The molecule has 0 aliphatic carbocycles. The third-order valence-electron chi connectivity index (χ3n) is 1.90. The molecule has 6 heteroatoms. The van der Waals surface area contributed by atoms with Crippen molar-refractivity contribution in [3.63, 3.8) is 0 Å². The van der Waals surface area contributed by atoms with Crippen molar-refractivity contribution in [1.82, 2.24) is 5.32 Å². The van der Waals surface area contributed by atoms with Crippen molar-refractivity contribution in [1.29, 1.82) is 0 Å². The van der Waals surface area contributed by atoms with Crippen molar-refractivity contribution in [2.45, 2.75) is 39.0 Å². The first kappa shape index (κ1) is 16.7. The van der Waals surface area contributed by atoms with Crippen LogP contribution in [0.25, 0.3) is 0 Å². The molecule has 0 fully saturated rings. The van der Waals surface area contributed by atoms with Crippen molar-refractivity contribution in [2.24, 2.45) is 0 Å². The molecule has 1 N–H and O–H groups in total. The summed E-state index contributed by atoms with van der Waals surface area (Å²) in [7, 11) is 0. The molecule has 0 aliphatic rings. The molecule has 0 heterocycles. The lowest BCUT2D eigenvalue weighted by Crippen LogP contribution is -2.23. The topological polar surface area (TPSA) is 30.5 Å². The van der Waals surface area contributed by atoms with E-state index in [4.69, 9.17) is 9.47 Å². The molecular weight excluding hydrogens is 235 g/mol. The van der Waals surface area contributed by atoms with E-state index < -0.39 is 12.6 Å². The second-order valence-electron chi connectivity index (χ2n) is 4.00. The van der Waals surface area contributed by atoms with Crippen LogP contribution >= 0.6 is 0 Å². The Labute approximate surface area is 101 Å². The number of rotatable bonds is 10. The molecule has 0 spiro atoms. The van der Waals surface area contributed by atoms with Crippen molar-refractivity contribution in [3.05, 3.63) is 0 Å². The van der Waals surface area contributed by atoms with Gasteiger partial charge in [-0.15, -0.1) is 0 Å². The molecule has 104 valence electrons. The largest absolute Gasteiger partial charge is 0.391 e. The van der Waals surface area contributed by atoms with E-state index in [1.165, 1.54) is 0 Å². The Morgan fingerprint density at radius 2 is 1.76 bits per heavy atom. The Morgan fingerprint density at radius 3 is 2.35 bits per heavy atom. The summed E-state index contributed by atoms with van der Waals surface area (Å²) in [5.74, 6) is 0. The van der Waals surface area contributed by atoms with E-state index in [0.29, 0.717) is 19.8 Å². The number of halogens is 3. The number of nitrogens with one attached hydrogen (secondary N) is 1. The lowest BCUT2D eigenvalue weighted by atomic mass is 10.4. The Morgan fingerprint density at radius 1 is 1.06 bits per heavy atom. The smallest absolute Gasteiger partial charge is 0.380 e. The van der Waals surface area contributed by atoms with Gasteiger partial charge in [0.05, 0.1) is 25.7 Å². The maximum atomic E-state index is 11.7. The SMILES string of the molecule is CC(C)OCCCNCCOCCC(F)(F)F. The van der Waals surface area contributed by atoms with Gasteiger partial charge >= 0.3 is 6.18 Å². The van der Waals surface area contributed by atoms with Gasteiger partial charge in [0.1, 0.15) is 0 Å². The minimum absolute atomic E-state index is 0.237. The lowest BCUT2D eigenvalue weighted by molar-refractivity contribution is -0.145. The van der Waals surface area contributed by atoms with Gasteiger partial charge in [0.15, 0.2) is 0 Å². The zero-order valence-electron chi connectivity index (χ0n) is 10.5. The summed E-state index contributed by atoms with van der Waals surface area (Å²) in [6, 6.07) is 0. The first-order chi connectivity index (χ1) is 7.92. The predicted octanol–water partition coefficient (Wildman–Crippen LogP) is 2.36. The van der Waals surface area contributed by atoms with Crippen LogP contribution in [0, 0.1) is 0 Å². The minimum atomic E-state index is -4.12. The molecule has 17 heavy (non-hydrogen) atoms.